The molecule has 0 saturated carbocycles. The molecular formula is C13H20N2O7. The maximum Gasteiger partial charge on any atom is 0.407 e. The van der Waals surface area contributed by atoms with E-state index < -0.39 is 36.1 Å². The minimum atomic E-state index is -0.860. The van der Waals surface area contributed by atoms with Crippen LogP contribution in [0.3, 0.4) is 0 Å². The van der Waals surface area contributed by atoms with E-state index in [2.05, 4.69) is 10.2 Å². The predicted molar refractivity (Wildman–Crippen MR) is 72.2 cm³/mol. The van der Waals surface area contributed by atoms with E-state index >= 15 is 0 Å². The first-order chi connectivity index (χ1) is 10.2. The molecule has 1 heterocycles. The summed E-state index contributed by atoms with van der Waals surface area (Å²) >= 11 is 0. The zero-order valence-electron chi connectivity index (χ0n) is 12.8. The lowest BCUT2D eigenvalue weighted by Crippen LogP contribution is -2.35. The summed E-state index contributed by atoms with van der Waals surface area (Å²) in [5, 5.41) is 2.89. The van der Waals surface area contributed by atoms with Crippen molar-refractivity contribution in [1.82, 2.24) is 10.4 Å². The van der Waals surface area contributed by atoms with Gasteiger partial charge in [-0.1, -0.05) is 0 Å². The van der Waals surface area contributed by atoms with Crippen LogP contribution >= 0.6 is 0 Å². The van der Waals surface area contributed by atoms with E-state index in [1.54, 1.807) is 20.8 Å². The molecular weight excluding hydrogens is 296 g/mol. The number of hydroxylamine groups is 2. The Labute approximate surface area is 127 Å². The number of carbonyl (C=O) groups excluding carboxylic acids is 4. The van der Waals surface area contributed by atoms with Gasteiger partial charge < -0.3 is 19.6 Å². The lowest BCUT2D eigenvalue weighted by molar-refractivity contribution is -0.200. The van der Waals surface area contributed by atoms with Gasteiger partial charge in [0, 0.05) is 19.4 Å². The number of nitrogens with one attached hydrogen (secondary N) is 1. The zero-order valence-corrected chi connectivity index (χ0v) is 12.8. The van der Waals surface area contributed by atoms with Crippen LogP contribution in [0.1, 0.15) is 33.6 Å². The van der Waals surface area contributed by atoms with E-state index in [4.69, 9.17) is 9.47 Å². The van der Waals surface area contributed by atoms with Crippen molar-refractivity contribution < 1.29 is 33.5 Å². The fourth-order valence-corrected chi connectivity index (χ4v) is 1.48. The third kappa shape index (κ3) is 6.53. The Morgan fingerprint density at radius 3 is 2.32 bits per heavy atom. The van der Waals surface area contributed by atoms with E-state index in [1.807, 2.05) is 0 Å². The molecule has 124 valence electrons. The fraction of sp³-hybridized carbons (Fsp3) is 0.692. The van der Waals surface area contributed by atoms with E-state index in [9.17, 15) is 19.2 Å². The van der Waals surface area contributed by atoms with Crippen LogP contribution in [0.15, 0.2) is 0 Å². The second kappa shape index (κ2) is 7.74. The number of alkyl carbamates (subject to hydrolysis) is 1. The van der Waals surface area contributed by atoms with Crippen molar-refractivity contribution in [2.75, 3.05) is 19.8 Å². The highest BCUT2D eigenvalue weighted by atomic mass is 16.7. The standard InChI is InChI=1S/C13H20N2O7/c1-13(2,3)21-12(19)14-6-7-20-8-11(18)22-15-9(16)4-5-10(15)17/h4-8H2,1-3H3,(H,14,19). The van der Waals surface area contributed by atoms with Crippen LogP contribution in [0, 0.1) is 0 Å². The first kappa shape index (κ1) is 17.9. The Morgan fingerprint density at radius 1 is 1.18 bits per heavy atom. The largest absolute Gasteiger partial charge is 0.444 e. The van der Waals surface area contributed by atoms with Crippen molar-refractivity contribution in [2.24, 2.45) is 0 Å². The molecule has 0 unspecified atom stereocenters. The van der Waals surface area contributed by atoms with Crippen LogP contribution in [-0.2, 0) is 28.7 Å². The molecule has 0 aromatic rings. The Kier molecular flexibility index (Phi) is 6.29. The molecule has 0 aromatic carbocycles. The van der Waals surface area contributed by atoms with Gasteiger partial charge >= 0.3 is 12.1 Å². The van der Waals surface area contributed by atoms with Gasteiger partial charge in [0.05, 0.1) is 6.61 Å². The van der Waals surface area contributed by atoms with Gasteiger partial charge in [-0.15, -0.1) is 5.06 Å². The van der Waals surface area contributed by atoms with Crippen molar-refractivity contribution in [3.05, 3.63) is 0 Å². The van der Waals surface area contributed by atoms with E-state index in [-0.39, 0.29) is 26.0 Å². The Hall–Kier alpha value is -2.16. The summed E-state index contributed by atoms with van der Waals surface area (Å²) in [7, 11) is 0. The lowest BCUT2D eigenvalue weighted by atomic mass is 10.2. The van der Waals surface area contributed by atoms with Crippen LogP contribution in [0.2, 0.25) is 0 Å². The summed E-state index contributed by atoms with van der Waals surface area (Å²) in [6.45, 7) is 4.97. The fourth-order valence-electron chi connectivity index (χ4n) is 1.48. The van der Waals surface area contributed by atoms with Crippen LogP contribution in [0.5, 0.6) is 0 Å². The second-order valence-corrected chi connectivity index (χ2v) is 5.53. The average Bonchev–Trinajstić information content (AvgIpc) is 2.68. The molecule has 0 spiro atoms. The SMILES string of the molecule is CC(C)(C)OC(=O)NCCOCC(=O)ON1C(=O)CCC1=O. The molecule has 1 saturated heterocycles. The molecule has 1 rings (SSSR count). The molecule has 1 fully saturated rings. The molecule has 22 heavy (non-hydrogen) atoms. The maximum absolute atomic E-state index is 11.4. The molecule has 1 N–H and O–H groups in total. The van der Waals surface area contributed by atoms with Crippen LogP contribution in [0.4, 0.5) is 4.79 Å². The van der Waals surface area contributed by atoms with Crippen molar-refractivity contribution >= 4 is 23.9 Å². The molecule has 1 aliphatic heterocycles. The molecule has 0 radical (unpaired) electrons. The average molecular weight is 316 g/mol. The summed E-state index contributed by atoms with van der Waals surface area (Å²) in [6.07, 6.45) is -0.522. The summed E-state index contributed by atoms with van der Waals surface area (Å²) in [5.41, 5.74) is -0.594. The Morgan fingerprint density at radius 2 is 1.77 bits per heavy atom. The molecule has 0 bridgehead atoms. The number of nitrogens with zero attached hydrogens (tertiary/aromatic N) is 1. The third-order valence-corrected chi connectivity index (χ3v) is 2.33. The maximum atomic E-state index is 11.4. The lowest BCUT2D eigenvalue weighted by Gasteiger charge is -2.19. The van der Waals surface area contributed by atoms with Crippen molar-refractivity contribution in [2.45, 2.75) is 39.2 Å². The predicted octanol–water partition coefficient (Wildman–Crippen LogP) is 0.135. The van der Waals surface area contributed by atoms with E-state index in [1.165, 1.54) is 0 Å². The summed E-state index contributed by atoms with van der Waals surface area (Å²) < 4.78 is 9.96. The summed E-state index contributed by atoms with van der Waals surface area (Å²) in [4.78, 5) is 49.7. The van der Waals surface area contributed by atoms with Crippen molar-refractivity contribution in [3.63, 3.8) is 0 Å². The van der Waals surface area contributed by atoms with Gasteiger partial charge in [-0.3, -0.25) is 9.59 Å². The highest BCUT2D eigenvalue weighted by molar-refractivity contribution is 6.01. The number of hydrogen-bond donors (Lipinski definition) is 1. The highest BCUT2D eigenvalue weighted by Gasteiger charge is 2.32. The molecule has 9 nitrogen and oxygen atoms in total. The molecule has 1 aliphatic rings. The van der Waals surface area contributed by atoms with Crippen LogP contribution in [0.25, 0.3) is 0 Å². The topological polar surface area (TPSA) is 111 Å². The number of rotatable bonds is 6. The first-order valence-corrected chi connectivity index (χ1v) is 6.80. The van der Waals surface area contributed by atoms with Gasteiger partial charge in [0.1, 0.15) is 12.2 Å². The quantitative estimate of drug-likeness (QED) is 0.548. The molecule has 0 aliphatic carbocycles. The van der Waals surface area contributed by atoms with Crippen LogP contribution in [-0.4, -0.2) is 54.3 Å². The van der Waals surface area contributed by atoms with Gasteiger partial charge in [-0.25, -0.2) is 9.59 Å². The molecule has 9 heteroatoms. The molecule has 0 aromatic heterocycles. The number of amides is 3. The van der Waals surface area contributed by atoms with E-state index in [0.717, 1.165) is 0 Å². The summed E-state index contributed by atoms with van der Waals surface area (Å²) in [6, 6.07) is 0. The second-order valence-electron chi connectivity index (χ2n) is 5.53. The normalized spacial score (nSPS) is 15.0. The number of hydrogen-bond acceptors (Lipinski definition) is 7. The number of ether oxygens (including phenoxy) is 2. The van der Waals surface area contributed by atoms with Gasteiger partial charge in [-0.2, -0.15) is 0 Å². The minimum absolute atomic E-state index is 0.0345. The minimum Gasteiger partial charge on any atom is -0.444 e. The number of carbonyl (C=O) groups is 4. The Balaban J connectivity index is 2.12. The van der Waals surface area contributed by atoms with Gasteiger partial charge in [0.2, 0.25) is 0 Å². The monoisotopic (exact) mass is 316 g/mol. The van der Waals surface area contributed by atoms with Crippen molar-refractivity contribution in [3.8, 4) is 0 Å². The van der Waals surface area contributed by atoms with Gasteiger partial charge in [0.25, 0.3) is 11.8 Å². The zero-order chi connectivity index (χ0) is 16.8. The van der Waals surface area contributed by atoms with Gasteiger partial charge in [-0.05, 0) is 20.8 Å². The highest BCUT2D eigenvalue weighted by Crippen LogP contribution is 2.11. The van der Waals surface area contributed by atoms with Crippen molar-refractivity contribution in [1.29, 1.82) is 0 Å². The molecule has 3 amide bonds. The smallest absolute Gasteiger partial charge is 0.407 e. The molecule has 0 atom stereocenters. The first-order valence-electron chi connectivity index (χ1n) is 6.80. The van der Waals surface area contributed by atoms with Crippen LogP contribution < -0.4 is 5.32 Å². The third-order valence-electron chi connectivity index (χ3n) is 2.33. The van der Waals surface area contributed by atoms with E-state index in [0.29, 0.717) is 5.06 Å². The van der Waals surface area contributed by atoms with Gasteiger partial charge in [0.15, 0.2) is 0 Å². The Bertz CT molecular complexity index is 440. The summed E-state index contributed by atoms with van der Waals surface area (Å²) in [5.74, 6) is -1.96. The number of imide groups is 1.